The highest BCUT2D eigenvalue weighted by Crippen LogP contribution is 2.18. The molecule has 0 atom stereocenters. The minimum atomic E-state index is 0.446. The van der Waals surface area contributed by atoms with Gasteiger partial charge in [0.1, 0.15) is 18.2 Å². The molecule has 0 saturated carbocycles. The first-order valence-corrected chi connectivity index (χ1v) is 8.10. The first kappa shape index (κ1) is 17.7. The van der Waals surface area contributed by atoms with Crippen molar-refractivity contribution in [1.82, 2.24) is 9.97 Å². The maximum Gasteiger partial charge on any atom is 0.158 e. The molecular formula is C16H30N4O. The minimum Gasteiger partial charge on any atom is -0.377 e. The second kappa shape index (κ2) is 10.4. The highest BCUT2D eigenvalue weighted by Gasteiger charge is 2.11. The van der Waals surface area contributed by atoms with Gasteiger partial charge in [-0.15, -0.1) is 0 Å². The van der Waals surface area contributed by atoms with Crippen molar-refractivity contribution in [2.45, 2.75) is 53.1 Å². The molecule has 1 aromatic rings. The number of unbranched alkanes of at least 4 members (excludes halogenated alkanes) is 2. The van der Waals surface area contributed by atoms with Crippen LogP contribution >= 0.6 is 0 Å². The van der Waals surface area contributed by atoms with Gasteiger partial charge in [0, 0.05) is 32.8 Å². The molecule has 1 N–H and O–H groups in total. The fourth-order valence-corrected chi connectivity index (χ4v) is 2.15. The van der Waals surface area contributed by atoms with E-state index in [2.05, 4.69) is 41.0 Å². The van der Waals surface area contributed by atoms with Crippen molar-refractivity contribution in [2.24, 2.45) is 0 Å². The lowest BCUT2D eigenvalue weighted by Crippen LogP contribution is -2.27. The van der Waals surface area contributed by atoms with E-state index in [0.29, 0.717) is 6.61 Å². The Kier molecular flexibility index (Phi) is 8.74. The van der Waals surface area contributed by atoms with Gasteiger partial charge < -0.3 is 15.0 Å². The molecule has 5 nitrogen and oxygen atoms in total. The van der Waals surface area contributed by atoms with Gasteiger partial charge in [0.25, 0.3) is 0 Å². The molecule has 0 aliphatic rings. The van der Waals surface area contributed by atoms with Crippen molar-refractivity contribution >= 4 is 11.6 Å². The molecule has 1 rings (SSSR count). The zero-order chi connectivity index (χ0) is 15.5. The van der Waals surface area contributed by atoms with E-state index in [1.807, 2.05) is 6.07 Å². The van der Waals surface area contributed by atoms with Gasteiger partial charge in [-0.1, -0.05) is 26.7 Å². The Balaban J connectivity index is 2.96. The molecular weight excluding hydrogens is 264 g/mol. The summed E-state index contributed by atoms with van der Waals surface area (Å²) in [6.07, 6.45) is 4.76. The van der Waals surface area contributed by atoms with E-state index in [1.54, 1.807) is 7.11 Å². The van der Waals surface area contributed by atoms with Crippen molar-refractivity contribution in [3.05, 3.63) is 11.9 Å². The highest BCUT2D eigenvalue weighted by atomic mass is 16.5. The van der Waals surface area contributed by atoms with Crippen LogP contribution in [0.1, 0.15) is 52.3 Å². The van der Waals surface area contributed by atoms with Gasteiger partial charge in [-0.05, 0) is 19.8 Å². The lowest BCUT2D eigenvalue weighted by molar-refractivity contribution is 0.178. The lowest BCUT2D eigenvalue weighted by atomic mass is 10.2. The fraction of sp³-hybridized carbons (Fsp3) is 0.750. The normalized spacial score (nSPS) is 10.7. The van der Waals surface area contributed by atoms with Crippen LogP contribution in [0.4, 0.5) is 11.6 Å². The van der Waals surface area contributed by atoms with E-state index in [9.17, 15) is 0 Å². The van der Waals surface area contributed by atoms with Crippen LogP contribution in [0.3, 0.4) is 0 Å². The Labute approximate surface area is 129 Å². The summed E-state index contributed by atoms with van der Waals surface area (Å²) >= 11 is 0. The first-order valence-electron chi connectivity index (χ1n) is 8.10. The largest absolute Gasteiger partial charge is 0.377 e. The second-order valence-electron chi connectivity index (χ2n) is 5.19. The van der Waals surface area contributed by atoms with E-state index in [0.717, 1.165) is 37.1 Å². The van der Waals surface area contributed by atoms with Crippen molar-refractivity contribution in [2.75, 3.05) is 37.0 Å². The van der Waals surface area contributed by atoms with Crippen molar-refractivity contribution in [1.29, 1.82) is 0 Å². The summed E-state index contributed by atoms with van der Waals surface area (Å²) in [7, 11) is 1.68. The number of nitrogens with one attached hydrogen (secondary N) is 1. The summed E-state index contributed by atoms with van der Waals surface area (Å²) in [5.74, 6) is 2.63. The van der Waals surface area contributed by atoms with E-state index < -0.39 is 0 Å². The fourth-order valence-electron chi connectivity index (χ4n) is 2.15. The average molecular weight is 294 g/mol. The van der Waals surface area contributed by atoms with Crippen LogP contribution in [0.2, 0.25) is 0 Å². The van der Waals surface area contributed by atoms with Gasteiger partial charge in [-0.25, -0.2) is 9.97 Å². The Bertz CT molecular complexity index is 366. The Morgan fingerprint density at radius 3 is 2.29 bits per heavy atom. The van der Waals surface area contributed by atoms with Crippen LogP contribution in [0.5, 0.6) is 0 Å². The molecule has 0 saturated heterocycles. The summed E-state index contributed by atoms with van der Waals surface area (Å²) in [5.41, 5.74) is 0. The second-order valence-corrected chi connectivity index (χ2v) is 5.19. The number of nitrogens with zero attached hydrogens (tertiary/aromatic N) is 3. The van der Waals surface area contributed by atoms with Crippen molar-refractivity contribution in [3.63, 3.8) is 0 Å². The molecule has 120 valence electrons. The van der Waals surface area contributed by atoms with Crippen LogP contribution in [0.25, 0.3) is 0 Å². The van der Waals surface area contributed by atoms with Gasteiger partial charge in [0.2, 0.25) is 0 Å². The molecule has 0 aliphatic carbocycles. The standard InChI is InChI=1S/C16H30N4O/c1-5-8-10-20(11-9-6-2)16-12-14(17-7-3)18-15(19-16)13-21-4/h12H,5-11,13H2,1-4H3,(H,17,18,19). The average Bonchev–Trinajstić information content (AvgIpc) is 2.48. The molecule has 5 heteroatoms. The molecule has 0 fully saturated rings. The maximum absolute atomic E-state index is 5.19. The topological polar surface area (TPSA) is 50.3 Å². The smallest absolute Gasteiger partial charge is 0.158 e. The molecule has 21 heavy (non-hydrogen) atoms. The summed E-state index contributed by atoms with van der Waals surface area (Å²) in [6, 6.07) is 2.05. The third-order valence-corrected chi connectivity index (χ3v) is 3.28. The maximum atomic E-state index is 5.19. The van der Waals surface area contributed by atoms with E-state index in [1.165, 1.54) is 25.7 Å². The predicted octanol–water partition coefficient (Wildman–Crippen LogP) is 3.46. The monoisotopic (exact) mass is 294 g/mol. The van der Waals surface area contributed by atoms with Gasteiger partial charge >= 0.3 is 0 Å². The molecule has 0 aromatic carbocycles. The third-order valence-electron chi connectivity index (χ3n) is 3.28. The van der Waals surface area contributed by atoms with Gasteiger partial charge in [0.15, 0.2) is 5.82 Å². The van der Waals surface area contributed by atoms with Crippen molar-refractivity contribution < 1.29 is 4.74 Å². The molecule has 0 unspecified atom stereocenters. The quantitative estimate of drug-likeness (QED) is 0.677. The number of rotatable bonds is 11. The van der Waals surface area contributed by atoms with Crippen LogP contribution in [-0.4, -0.2) is 36.7 Å². The summed E-state index contributed by atoms with van der Waals surface area (Å²) in [5, 5.41) is 3.28. The minimum absolute atomic E-state index is 0.446. The highest BCUT2D eigenvalue weighted by molar-refractivity contribution is 5.49. The van der Waals surface area contributed by atoms with Crippen LogP contribution in [0.15, 0.2) is 6.07 Å². The van der Waals surface area contributed by atoms with Gasteiger partial charge in [-0.3, -0.25) is 0 Å². The molecule has 0 radical (unpaired) electrons. The number of methoxy groups -OCH3 is 1. The number of hydrogen-bond donors (Lipinski definition) is 1. The number of ether oxygens (including phenoxy) is 1. The van der Waals surface area contributed by atoms with Crippen LogP contribution in [0, 0.1) is 0 Å². The molecule has 0 spiro atoms. The van der Waals surface area contributed by atoms with E-state index >= 15 is 0 Å². The summed E-state index contributed by atoms with van der Waals surface area (Å²) in [4.78, 5) is 11.5. The Morgan fingerprint density at radius 2 is 1.76 bits per heavy atom. The Hall–Kier alpha value is -1.36. The van der Waals surface area contributed by atoms with Crippen molar-refractivity contribution in [3.8, 4) is 0 Å². The van der Waals surface area contributed by atoms with Crippen LogP contribution in [-0.2, 0) is 11.3 Å². The lowest BCUT2D eigenvalue weighted by Gasteiger charge is -2.24. The van der Waals surface area contributed by atoms with Crippen LogP contribution < -0.4 is 10.2 Å². The third kappa shape index (κ3) is 6.29. The summed E-state index contributed by atoms with van der Waals surface area (Å²) in [6.45, 7) is 9.91. The number of aromatic nitrogens is 2. The summed E-state index contributed by atoms with van der Waals surface area (Å²) < 4.78 is 5.19. The SMILES string of the molecule is CCCCN(CCCC)c1cc(NCC)nc(COC)n1. The predicted molar refractivity (Wildman–Crippen MR) is 88.9 cm³/mol. The molecule has 1 aromatic heterocycles. The van der Waals surface area contributed by atoms with Gasteiger partial charge in [0.05, 0.1) is 0 Å². The molecule has 0 bridgehead atoms. The zero-order valence-corrected chi connectivity index (χ0v) is 14.0. The number of anilines is 2. The van der Waals surface area contributed by atoms with Gasteiger partial charge in [-0.2, -0.15) is 0 Å². The Morgan fingerprint density at radius 1 is 1.10 bits per heavy atom. The molecule has 0 aliphatic heterocycles. The molecule has 1 heterocycles. The molecule has 0 amide bonds. The first-order chi connectivity index (χ1) is 10.2. The number of hydrogen-bond acceptors (Lipinski definition) is 5. The van der Waals surface area contributed by atoms with E-state index in [-0.39, 0.29) is 0 Å². The zero-order valence-electron chi connectivity index (χ0n) is 14.0. The van der Waals surface area contributed by atoms with E-state index in [4.69, 9.17) is 4.74 Å².